The van der Waals surface area contributed by atoms with Gasteiger partial charge in [-0.3, -0.25) is 4.79 Å². The second kappa shape index (κ2) is 39.8. The molecular formula is C40H82AlNO. The molecule has 0 aliphatic carbocycles. The van der Waals surface area contributed by atoms with Crippen molar-refractivity contribution in [1.29, 1.82) is 0 Å². The Kier molecular flexibility index (Phi) is 41.5. The molecule has 2 N–H and O–H groups in total. The number of rotatable bonds is 36. The van der Waals surface area contributed by atoms with Gasteiger partial charge in [0.05, 0.1) is 0 Å². The van der Waals surface area contributed by atoms with Gasteiger partial charge in [0, 0.05) is 5.92 Å². The number of carbonyl (C=O) groups is 1. The van der Waals surface area contributed by atoms with E-state index < -0.39 is 0 Å². The molecule has 0 bridgehead atoms. The monoisotopic (exact) mass is 620 g/mol. The lowest BCUT2D eigenvalue weighted by Gasteiger charge is -2.13. The fraction of sp³-hybridized carbons (Fsp3) is 0.925. The second-order valence-corrected chi connectivity index (χ2v) is 13.6. The quantitative estimate of drug-likeness (QED) is 0.0423. The molecule has 43 heavy (non-hydrogen) atoms. The normalized spacial score (nSPS) is 12.1. The Labute approximate surface area is 283 Å². The van der Waals surface area contributed by atoms with Crippen LogP contribution in [0, 0.1) is 5.92 Å². The van der Waals surface area contributed by atoms with Crippen molar-refractivity contribution in [2.24, 2.45) is 11.7 Å². The average molecular weight is 620 g/mol. The van der Waals surface area contributed by atoms with Crippen LogP contribution in [0.15, 0.2) is 12.2 Å². The van der Waals surface area contributed by atoms with Crippen molar-refractivity contribution in [2.75, 3.05) is 0 Å². The Morgan fingerprint density at radius 2 is 0.651 bits per heavy atom. The zero-order valence-corrected chi connectivity index (χ0v) is 29.3. The summed E-state index contributed by atoms with van der Waals surface area (Å²) >= 11 is 0. The van der Waals surface area contributed by atoms with Crippen LogP contribution in [0.3, 0.4) is 0 Å². The molecule has 0 saturated carbocycles. The van der Waals surface area contributed by atoms with Gasteiger partial charge < -0.3 is 5.73 Å². The molecule has 3 heteroatoms. The van der Waals surface area contributed by atoms with Gasteiger partial charge in [0.15, 0.2) is 17.4 Å². The van der Waals surface area contributed by atoms with Crippen molar-refractivity contribution in [3.05, 3.63) is 12.2 Å². The molecule has 0 radical (unpaired) electrons. The van der Waals surface area contributed by atoms with Crippen LogP contribution in [-0.2, 0) is 4.79 Å². The third-order valence-electron chi connectivity index (χ3n) is 9.37. The molecule has 0 spiro atoms. The van der Waals surface area contributed by atoms with Crippen LogP contribution in [0.5, 0.6) is 0 Å². The number of carbonyl (C=O) groups excluding carboxylic acids is 1. The first-order chi connectivity index (χ1) is 20.7. The number of unbranched alkanes of at least 4 members (excludes halogenated alkanes) is 29. The summed E-state index contributed by atoms with van der Waals surface area (Å²) in [4.78, 5) is 11.9. The molecule has 2 nitrogen and oxygen atoms in total. The fourth-order valence-electron chi connectivity index (χ4n) is 6.36. The van der Waals surface area contributed by atoms with E-state index in [-0.39, 0.29) is 29.2 Å². The van der Waals surface area contributed by atoms with Gasteiger partial charge in [-0.15, -0.1) is 0 Å². The number of nitrogens with two attached hydrogens (primary N) is 1. The SMILES string of the molecule is CCCCCCCC/C=C\CCCCCCCCCCC(CCCCCCCCCCCCCCCCCC)C(N)=O.[AlH3]. The molecule has 0 aliphatic heterocycles. The van der Waals surface area contributed by atoms with Crippen LogP contribution < -0.4 is 5.73 Å². The summed E-state index contributed by atoms with van der Waals surface area (Å²) in [6, 6.07) is 0. The van der Waals surface area contributed by atoms with Crippen molar-refractivity contribution < 1.29 is 4.79 Å². The van der Waals surface area contributed by atoms with Crippen LogP contribution in [0.25, 0.3) is 0 Å². The van der Waals surface area contributed by atoms with E-state index >= 15 is 0 Å². The van der Waals surface area contributed by atoms with Gasteiger partial charge in [-0.2, -0.15) is 0 Å². The smallest absolute Gasteiger partial charge is 0.220 e. The van der Waals surface area contributed by atoms with E-state index in [1.165, 1.54) is 205 Å². The van der Waals surface area contributed by atoms with Gasteiger partial charge in [0.2, 0.25) is 5.91 Å². The molecule has 256 valence electrons. The lowest BCUT2D eigenvalue weighted by Crippen LogP contribution is -2.23. The van der Waals surface area contributed by atoms with Crippen molar-refractivity contribution in [3.63, 3.8) is 0 Å². The maximum absolute atomic E-state index is 11.9. The minimum Gasteiger partial charge on any atom is -0.369 e. The summed E-state index contributed by atoms with van der Waals surface area (Å²) in [6.07, 6.45) is 50.7. The molecule has 1 amide bonds. The van der Waals surface area contributed by atoms with E-state index in [2.05, 4.69) is 26.0 Å². The van der Waals surface area contributed by atoms with Gasteiger partial charge in [-0.25, -0.2) is 0 Å². The Balaban J connectivity index is 0. The van der Waals surface area contributed by atoms with Crippen molar-refractivity contribution in [2.45, 2.75) is 232 Å². The van der Waals surface area contributed by atoms with Gasteiger partial charge in [0.25, 0.3) is 0 Å². The van der Waals surface area contributed by atoms with Crippen LogP contribution >= 0.6 is 0 Å². The largest absolute Gasteiger partial charge is 0.369 e. The van der Waals surface area contributed by atoms with E-state index in [1.54, 1.807) is 0 Å². The number of primary amides is 1. The van der Waals surface area contributed by atoms with E-state index in [1.807, 2.05) is 0 Å². The Hall–Kier alpha value is -0.258. The van der Waals surface area contributed by atoms with Gasteiger partial charge >= 0.3 is 0 Å². The summed E-state index contributed by atoms with van der Waals surface area (Å²) in [6.45, 7) is 4.58. The third-order valence-corrected chi connectivity index (χ3v) is 9.37. The van der Waals surface area contributed by atoms with Gasteiger partial charge in [-0.1, -0.05) is 206 Å². The number of allylic oxidation sites excluding steroid dienone is 2. The molecule has 0 aromatic carbocycles. The number of hydrogen-bond acceptors (Lipinski definition) is 1. The number of amides is 1. The van der Waals surface area contributed by atoms with Crippen molar-refractivity contribution in [1.82, 2.24) is 0 Å². The maximum Gasteiger partial charge on any atom is 0.220 e. The molecule has 0 rings (SSSR count). The van der Waals surface area contributed by atoms with Gasteiger partial charge in [-0.05, 0) is 38.5 Å². The van der Waals surface area contributed by atoms with E-state index in [9.17, 15) is 4.79 Å². The predicted octanol–water partition coefficient (Wildman–Crippen LogP) is 12.8. The molecule has 1 unspecified atom stereocenters. The molecule has 0 fully saturated rings. The minimum absolute atomic E-state index is 0. The topological polar surface area (TPSA) is 43.1 Å². The molecule has 0 heterocycles. The Morgan fingerprint density at radius 3 is 0.907 bits per heavy atom. The van der Waals surface area contributed by atoms with Crippen molar-refractivity contribution in [3.8, 4) is 0 Å². The first-order valence-electron chi connectivity index (χ1n) is 19.7. The van der Waals surface area contributed by atoms with Crippen LogP contribution in [0.4, 0.5) is 0 Å². The molecule has 0 saturated heterocycles. The summed E-state index contributed by atoms with van der Waals surface area (Å²) in [7, 11) is 0. The standard InChI is InChI=1S/C40H79NO.Al.3H/c1-3-5-7-9-11-13-15-17-19-21-22-24-26-28-30-32-34-36-38-39(40(41)42)37-35-33-31-29-27-25-23-20-18-16-14-12-10-8-6-4-2;;;;/h17,19,39H,3-16,18,20-38H2,1-2H3,(H2,41,42);;;;/b19-17-;;;;. The lowest BCUT2D eigenvalue weighted by atomic mass is 9.93. The first kappa shape index (κ1) is 44.9. The highest BCUT2D eigenvalue weighted by Gasteiger charge is 2.14. The third kappa shape index (κ3) is 37.8. The average Bonchev–Trinajstić information content (AvgIpc) is 2.99. The number of hydrogen-bond donors (Lipinski definition) is 1. The molecule has 0 aromatic heterocycles. The van der Waals surface area contributed by atoms with Gasteiger partial charge in [0.1, 0.15) is 0 Å². The summed E-state index contributed by atoms with van der Waals surface area (Å²) in [5.41, 5.74) is 5.74. The lowest BCUT2D eigenvalue weighted by molar-refractivity contribution is -0.122. The zero-order chi connectivity index (χ0) is 30.6. The zero-order valence-electron chi connectivity index (χ0n) is 29.3. The maximum atomic E-state index is 11.9. The molecule has 0 aliphatic rings. The first-order valence-corrected chi connectivity index (χ1v) is 19.7. The highest BCUT2D eigenvalue weighted by Crippen LogP contribution is 2.20. The highest BCUT2D eigenvalue weighted by atomic mass is 27.0. The highest BCUT2D eigenvalue weighted by molar-refractivity contribution is 5.76. The van der Waals surface area contributed by atoms with Crippen LogP contribution in [0.2, 0.25) is 0 Å². The van der Waals surface area contributed by atoms with Crippen molar-refractivity contribution >= 4 is 23.3 Å². The minimum atomic E-state index is -0.0583. The summed E-state index contributed by atoms with van der Waals surface area (Å²) < 4.78 is 0. The van der Waals surface area contributed by atoms with Crippen LogP contribution in [-0.4, -0.2) is 23.3 Å². The van der Waals surface area contributed by atoms with E-state index in [0.717, 1.165) is 12.8 Å². The second-order valence-electron chi connectivity index (χ2n) is 13.6. The molecule has 0 aromatic rings. The summed E-state index contributed by atoms with van der Waals surface area (Å²) in [5, 5.41) is 0. The summed E-state index contributed by atoms with van der Waals surface area (Å²) in [5.74, 6) is 0.0581. The molecular weight excluding hydrogens is 537 g/mol. The van der Waals surface area contributed by atoms with E-state index in [4.69, 9.17) is 5.73 Å². The fourth-order valence-corrected chi connectivity index (χ4v) is 6.36. The van der Waals surface area contributed by atoms with Crippen LogP contribution in [0.1, 0.15) is 232 Å². The predicted molar refractivity (Wildman–Crippen MR) is 200 cm³/mol. The Bertz CT molecular complexity index is 549. The Morgan fingerprint density at radius 1 is 0.419 bits per heavy atom. The van der Waals surface area contributed by atoms with E-state index in [0.29, 0.717) is 0 Å². The molecule has 1 atom stereocenters.